The lowest BCUT2D eigenvalue weighted by Gasteiger charge is -2.43. The van der Waals surface area contributed by atoms with Crippen LogP contribution in [0.25, 0.3) is 0 Å². The van der Waals surface area contributed by atoms with Gasteiger partial charge in [0, 0.05) is 35.4 Å². The zero-order valence-electron chi connectivity index (χ0n) is 20.4. The van der Waals surface area contributed by atoms with Crippen LogP contribution in [-0.2, 0) is 14.1 Å². The molecule has 0 spiro atoms. The Kier molecular flexibility index (Phi) is 7.99. The van der Waals surface area contributed by atoms with Gasteiger partial charge in [0.15, 0.2) is 5.11 Å². The summed E-state index contributed by atoms with van der Waals surface area (Å²) in [6.45, 7) is 1.99. The van der Waals surface area contributed by atoms with Crippen LogP contribution in [0.2, 0.25) is 5.02 Å². The fraction of sp³-hybridized carbons (Fsp3) is 0.214. The van der Waals surface area contributed by atoms with Crippen molar-refractivity contribution in [3.8, 4) is 0 Å². The van der Waals surface area contributed by atoms with Gasteiger partial charge in [0.2, 0.25) is 0 Å². The molecule has 1 heterocycles. The maximum absolute atomic E-state index is 14.9. The van der Waals surface area contributed by atoms with Crippen molar-refractivity contribution < 1.29 is 14.1 Å². The number of esters is 1. The van der Waals surface area contributed by atoms with Crippen LogP contribution in [0.15, 0.2) is 96.2 Å². The molecule has 0 fully saturated rings. The summed E-state index contributed by atoms with van der Waals surface area (Å²) in [5.41, 5.74) is 1.85. The van der Waals surface area contributed by atoms with Crippen molar-refractivity contribution in [1.29, 1.82) is 0 Å². The smallest absolute Gasteiger partial charge is 0.338 e. The highest BCUT2D eigenvalue weighted by molar-refractivity contribution is 7.80. The third kappa shape index (κ3) is 4.99. The summed E-state index contributed by atoms with van der Waals surface area (Å²) in [7, 11) is 0.456. The minimum absolute atomic E-state index is 0.115. The molecule has 0 aromatic heterocycles. The summed E-state index contributed by atoms with van der Waals surface area (Å²) >= 11 is 12.0. The minimum atomic E-state index is -3.20. The van der Waals surface area contributed by atoms with Gasteiger partial charge in [0.25, 0.3) is 0 Å². The maximum Gasteiger partial charge on any atom is 0.338 e. The van der Waals surface area contributed by atoms with Crippen LogP contribution in [0, 0.1) is 0 Å². The number of likely N-dealkylation sites (N-methyl/N-ethyl adjacent to an activating group) is 1. The molecular formula is C28H28ClN2O3PS. The number of carbonyl (C=O) groups excluding carboxylic acids is 1. The van der Waals surface area contributed by atoms with Gasteiger partial charge in [-0.2, -0.15) is 0 Å². The van der Waals surface area contributed by atoms with Gasteiger partial charge in [-0.15, -0.1) is 0 Å². The van der Waals surface area contributed by atoms with E-state index < -0.39 is 19.2 Å². The Balaban J connectivity index is 1.97. The van der Waals surface area contributed by atoms with E-state index >= 15 is 0 Å². The maximum atomic E-state index is 14.9. The predicted molar refractivity (Wildman–Crippen MR) is 151 cm³/mol. The van der Waals surface area contributed by atoms with E-state index in [1.807, 2.05) is 91.8 Å². The summed E-state index contributed by atoms with van der Waals surface area (Å²) in [4.78, 5) is 17.2. The Hall–Kier alpha value is -2.92. The van der Waals surface area contributed by atoms with Crippen molar-refractivity contribution in [3.05, 3.63) is 107 Å². The lowest BCUT2D eigenvalue weighted by atomic mass is 9.94. The molecule has 36 heavy (non-hydrogen) atoms. The topological polar surface area (TPSA) is 49.9 Å². The van der Waals surface area contributed by atoms with Crippen LogP contribution in [0.3, 0.4) is 0 Å². The van der Waals surface area contributed by atoms with Gasteiger partial charge >= 0.3 is 5.97 Å². The van der Waals surface area contributed by atoms with E-state index in [0.717, 1.165) is 5.56 Å². The van der Waals surface area contributed by atoms with Crippen LogP contribution < -0.4 is 10.6 Å². The molecule has 0 amide bonds. The standard InChI is InChI=1S/C28H28ClN2O3PS/c1-4-34-27(32)25-24(30(2)28(36)31(3)26(25)20-15-17-21(29)18-16-20)19-35(33,22-11-7-5-8-12-22)23-13-9-6-10-14-23/h5-18,26H,4,19H2,1-3H3. The molecule has 1 unspecified atom stereocenters. The second kappa shape index (κ2) is 11.0. The second-order valence-corrected chi connectivity index (χ2v) is 12.2. The molecule has 0 radical (unpaired) electrons. The molecule has 186 valence electrons. The quantitative estimate of drug-likeness (QED) is 0.229. The molecule has 4 rings (SSSR count). The highest BCUT2D eigenvalue weighted by atomic mass is 35.5. The average molecular weight is 539 g/mol. The average Bonchev–Trinajstić information content (AvgIpc) is 2.90. The van der Waals surface area contributed by atoms with E-state index in [2.05, 4.69) is 0 Å². The molecule has 1 aliphatic heterocycles. The summed E-state index contributed by atoms with van der Waals surface area (Å²) < 4.78 is 20.5. The van der Waals surface area contributed by atoms with E-state index in [9.17, 15) is 9.36 Å². The van der Waals surface area contributed by atoms with Crippen molar-refractivity contribution >= 4 is 52.7 Å². The third-order valence-corrected chi connectivity index (χ3v) is 10.2. The number of ether oxygens (including phenoxy) is 1. The van der Waals surface area contributed by atoms with Crippen molar-refractivity contribution in [1.82, 2.24) is 9.80 Å². The van der Waals surface area contributed by atoms with E-state index in [0.29, 0.717) is 32.0 Å². The first-order chi connectivity index (χ1) is 17.3. The third-order valence-electron chi connectivity index (χ3n) is 6.37. The normalized spacial score (nSPS) is 16.3. The second-order valence-electron chi connectivity index (χ2n) is 8.56. The molecule has 1 aliphatic rings. The Labute approximate surface area is 222 Å². The predicted octanol–water partition coefficient (Wildman–Crippen LogP) is 5.37. The summed E-state index contributed by atoms with van der Waals surface area (Å²) in [6, 6.07) is 25.6. The van der Waals surface area contributed by atoms with E-state index in [1.54, 1.807) is 24.0 Å². The monoisotopic (exact) mass is 538 g/mol. The molecule has 0 saturated carbocycles. The van der Waals surface area contributed by atoms with Gasteiger partial charge < -0.3 is 19.1 Å². The van der Waals surface area contributed by atoms with Crippen molar-refractivity contribution in [2.75, 3.05) is 26.9 Å². The van der Waals surface area contributed by atoms with E-state index in [-0.39, 0.29) is 12.8 Å². The van der Waals surface area contributed by atoms with Crippen LogP contribution in [-0.4, -0.2) is 47.7 Å². The van der Waals surface area contributed by atoms with Crippen LogP contribution in [0.5, 0.6) is 0 Å². The van der Waals surface area contributed by atoms with Crippen LogP contribution >= 0.6 is 31.0 Å². The molecule has 0 aliphatic carbocycles. The van der Waals surface area contributed by atoms with Gasteiger partial charge in [-0.1, -0.05) is 84.4 Å². The molecular weight excluding hydrogens is 511 g/mol. The van der Waals surface area contributed by atoms with Crippen molar-refractivity contribution in [2.45, 2.75) is 13.0 Å². The number of hydrogen-bond donors (Lipinski definition) is 0. The van der Waals surface area contributed by atoms with E-state index in [4.69, 9.17) is 28.6 Å². The summed E-state index contributed by atoms with van der Waals surface area (Å²) in [6.07, 6.45) is 0.115. The summed E-state index contributed by atoms with van der Waals surface area (Å²) in [5.74, 6) is -0.457. The lowest BCUT2D eigenvalue weighted by Crippen LogP contribution is -2.48. The molecule has 3 aromatic rings. The zero-order chi connectivity index (χ0) is 25.9. The number of halogens is 1. The molecule has 0 bridgehead atoms. The molecule has 0 saturated heterocycles. The molecule has 1 atom stereocenters. The number of thiocarbonyl (C=S) groups is 1. The van der Waals surface area contributed by atoms with E-state index in [1.165, 1.54) is 0 Å². The molecule has 5 nitrogen and oxygen atoms in total. The first-order valence-electron chi connectivity index (χ1n) is 11.6. The van der Waals surface area contributed by atoms with Gasteiger partial charge in [0.05, 0.1) is 24.4 Å². The Bertz CT molecular complexity index is 1290. The van der Waals surface area contributed by atoms with Crippen molar-refractivity contribution in [2.24, 2.45) is 0 Å². The molecule has 3 aromatic carbocycles. The highest BCUT2D eigenvalue weighted by Crippen LogP contribution is 2.48. The Morgan fingerprint density at radius 3 is 1.97 bits per heavy atom. The van der Waals surface area contributed by atoms with Crippen molar-refractivity contribution in [3.63, 3.8) is 0 Å². The number of nitrogens with zero attached hydrogens (tertiary/aromatic N) is 2. The van der Waals surface area contributed by atoms with Gasteiger partial charge in [-0.25, -0.2) is 4.79 Å². The largest absolute Gasteiger partial charge is 0.463 e. The van der Waals surface area contributed by atoms with Crippen LogP contribution in [0.4, 0.5) is 0 Å². The highest BCUT2D eigenvalue weighted by Gasteiger charge is 2.42. The number of rotatable bonds is 7. The SMILES string of the molecule is CCOC(=O)C1=C(CP(=O)(c2ccccc2)c2ccccc2)N(C)C(=S)N(C)C1c1ccc(Cl)cc1. The van der Waals surface area contributed by atoms with Gasteiger partial charge in [-0.05, 0) is 36.8 Å². The number of allylic oxidation sites excluding steroid dienone is 1. The lowest BCUT2D eigenvalue weighted by molar-refractivity contribution is -0.139. The van der Waals surface area contributed by atoms with Crippen LogP contribution in [0.1, 0.15) is 18.5 Å². The number of hydrogen-bond acceptors (Lipinski definition) is 4. The number of benzene rings is 3. The molecule has 8 heteroatoms. The first kappa shape index (κ1) is 26.2. The van der Waals surface area contributed by atoms with Gasteiger partial charge in [0.1, 0.15) is 7.14 Å². The minimum Gasteiger partial charge on any atom is -0.463 e. The first-order valence-corrected chi connectivity index (χ1v) is 14.3. The zero-order valence-corrected chi connectivity index (χ0v) is 22.9. The molecule has 0 N–H and O–H groups in total. The fourth-order valence-electron chi connectivity index (χ4n) is 4.54. The number of carbonyl (C=O) groups is 1. The van der Waals surface area contributed by atoms with Gasteiger partial charge in [-0.3, -0.25) is 0 Å². The fourth-order valence-corrected chi connectivity index (χ4v) is 7.66. The summed E-state index contributed by atoms with van der Waals surface area (Å²) in [5, 5.41) is 2.54. The Morgan fingerprint density at radius 1 is 0.944 bits per heavy atom. The Morgan fingerprint density at radius 2 is 1.47 bits per heavy atom.